The Morgan fingerprint density at radius 3 is 2.65 bits per heavy atom. The molecule has 1 N–H and O–H groups in total. The van der Waals surface area contributed by atoms with E-state index in [4.69, 9.17) is 4.74 Å². The highest BCUT2D eigenvalue weighted by molar-refractivity contribution is 7.99. The molecule has 31 heavy (non-hydrogen) atoms. The summed E-state index contributed by atoms with van der Waals surface area (Å²) in [5.41, 5.74) is 1.03. The van der Waals surface area contributed by atoms with Gasteiger partial charge in [0.05, 0.1) is 33.7 Å². The van der Waals surface area contributed by atoms with Gasteiger partial charge in [-0.05, 0) is 38.5 Å². The van der Waals surface area contributed by atoms with Crippen molar-refractivity contribution in [1.82, 2.24) is 9.55 Å². The second-order valence-electron chi connectivity index (χ2n) is 6.65. The zero-order chi connectivity index (χ0) is 22.7. The third-order valence-electron chi connectivity index (χ3n) is 4.47. The van der Waals surface area contributed by atoms with Gasteiger partial charge in [0.1, 0.15) is 5.00 Å². The Labute approximate surface area is 186 Å². The number of carbonyl (C=O) groups excluding carboxylic acids is 3. The van der Waals surface area contributed by atoms with Crippen molar-refractivity contribution in [3.63, 3.8) is 0 Å². The summed E-state index contributed by atoms with van der Waals surface area (Å²) in [7, 11) is 1.60. The Hall–Kier alpha value is -2.98. The smallest absolute Gasteiger partial charge is 0.341 e. The first-order valence-corrected chi connectivity index (χ1v) is 11.2. The molecule has 0 aliphatic rings. The van der Waals surface area contributed by atoms with Gasteiger partial charge in [-0.1, -0.05) is 23.9 Å². The quantitative estimate of drug-likeness (QED) is 0.250. The number of aromatic nitrogens is 2. The summed E-state index contributed by atoms with van der Waals surface area (Å²) in [5.74, 6) is -1.22. The predicted octanol–water partition coefficient (Wildman–Crippen LogP) is 3.41. The van der Waals surface area contributed by atoms with Crippen molar-refractivity contribution < 1.29 is 19.1 Å². The molecule has 0 unspecified atom stereocenters. The SMILES string of the molecule is CCOC(=O)c1c(NC(=O)CSc2nc3ccccc3c(=O)n2C)sc(C(C)=O)c1C. The number of thiophene rings is 1. The fourth-order valence-electron chi connectivity index (χ4n) is 3.01. The number of hydrogen-bond acceptors (Lipinski definition) is 8. The summed E-state index contributed by atoms with van der Waals surface area (Å²) in [6.45, 7) is 4.91. The van der Waals surface area contributed by atoms with E-state index in [2.05, 4.69) is 10.3 Å². The Morgan fingerprint density at radius 2 is 1.97 bits per heavy atom. The lowest BCUT2D eigenvalue weighted by Crippen LogP contribution is -2.21. The summed E-state index contributed by atoms with van der Waals surface area (Å²) in [4.78, 5) is 54.2. The molecule has 3 rings (SSSR count). The summed E-state index contributed by atoms with van der Waals surface area (Å²) < 4.78 is 6.47. The van der Waals surface area contributed by atoms with Gasteiger partial charge >= 0.3 is 5.97 Å². The first-order valence-electron chi connectivity index (χ1n) is 9.44. The third-order valence-corrected chi connectivity index (χ3v) is 6.81. The minimum Gasteiger partial charge on any atom is -0.462 e. The van der Waals surface area contributed by atoms with Gasteiger partial charge in [0.15, 0.2) is 10.9 Å². The van der Waals surface area contributed by atoms with Crippen LogP contribution in [0.1, 0.15) is 39.4 Å². The van der Waals surface area contributed by atoms with Gasteiger partial charge in [-0.25, -0.2) is 9.78 Å². The van der Waals surface area contributed by atoms with Crippen LogP contribution in [0.5, 0.6) is 0 Å². The van der Waals surface area contributed by atoms with Crippen molar-refractivity contribution in [2.24, 2.45) is 7.05 Å². The molecular formula is C21H21N3O5S2. The number of para-hydroxylation sites is 1. The van der Waals surface area contributed by atoms with Crippen molar-refractivity contribution >= 4 is 56.7 Å². The number of Topliss-reactive ketones (excluding diaryl/α,β-unsaturated/α-hetero) is 1. The molecule has 0 aliphatic carbocycles. The van der Waals surface area contributed by atoms with Gasteiger partial charge in [0.2, 0.25) is 5.91 Å². The van der Waals surface area contributed by atoms with Gasteiger partial charge in [0, 0.05) is 7.05 Å². The highest BCUT2D eigenvalue weighted by atomic mass is 32.2. The minimum absolute atomic E-state index is 0.0345. The van der Waals surface area contributed by atoms with E-state index in [1.165, 1.54) is 11.5 Å². The second-order valence-corrected chi connectivity index (χ2v) is 8.61. The molecule has 162 valence electrons. The number of nitrogens with one attached hydrogen (secondary N) is 1. The van der Waals surface area contributed by atoms with Crippen LogP contribution in [0.3, 0.4) is 0 Å². The van der Waals surface area contributed by atoms with Crippen LogP contribution in [-0.4, -0.2) is 39.6 Å². The van der Waals surface area contributed by atoms with E-state index < -0.39 is 11.9 Å². The van der Waals surface area contributed by atoms with E-state index in [9.17, 15) is 19.2 Å². The van der Waals surface area contributed by atoms with Crippen LogP contribution in [0.15, 0.2) is 34.2 Å². The Balaban J connectivity index is 1.82. The predicted molar refractivity (Wildman–Crippen MR) is 121 cm³/mol. The first kappa shape index (κ1) is 22.7. The Kier molecular flexibility index (Phi) is 6.91. The molecule has 0 fully saturated rings. The number of hydrogen-bond donors (Lipinski definition) is 1. The van der Waals surface area contributed by atoms with Gasteiger partial charge < -0.3 is 10.1 Å². The molecular weight excluding hydrogens is 438 g/mol. The molecule has 0 saturated heterocycles. The average Bonchev–Trinajstić information content (AvgIpc) is 3.06. The summed E-state index contributed by atoms with van der Waals surface area (Å²) in [6, 6.07) is 7.00. The van der Waals surface area contributed by atoms with Crippen LogP contribution in [0, 0.1) is 6.92 Å². The average molecular weight is 460 g/mol. The number of nitrogens with zero attached hydrogens (tertiary/aromatic N) is 2. The topological polar surface area (TPSA) is 107 Å². The normalized spacial score (nSPS) is 10.8. The van der Waals surface area contributed by atoms with Gasteiger partial charge in [-0.3, -0.25) is 19.0 Å². The van der Waals surface area contributed by atoms with Crippen molar-refractivity contribution in [2.45, 2.75) is 25.9 Å². The zero-order valence-corrected chi connectivity index (χ0v) is 19.1. The maximum absolute atomic E-state index is 12.6. The lowest BCUT2D eigenvalue weighted by Gasteiger charge is -2.09. The van der Waals surface area contributed by atoms with E-state index >= 15 is 0 Å². The third kappa shape index (κ3) is 4.70. The summed E-state index contributed by atoms with van der Waals surface area (Å²) in [5, 5.41) is 3.87. The molecule has 10 heteroatoms. The van der Waals surface area contributed by atoms with Crippen LogP contribution >= 0.6 is 23.1 Å². The van der Waals surface area contributed by atoms with Crippen molar-refractivity contribution in [2.75, 3.05) is 17.7 Å². The van der Waals surface area contributed by atoms with E-state index in [0.29, 0.717) is 26.5 Å². The monoisotopic (exact) mass is 459 g/mol. The molecule has 2 aromatic heterocycles. The van der Waals surface area contributed by atoms with Crippen LogP contribution in [0.25, 0.3) is 10.9 Å². The molecule has 8 nitrogen and oxygen atoms in total. The summed E-state index contributed by atoms with van der Waals surface area (Å²) in [6.07, 6.45) is 0. The van der Waals surface area contributed by atoms with Gasteiger partial charge in [-0.15, -0.1) is 11.3 Å². The largest absolute Gasteiger partial charge is 0.462 e. The van der Waals surface area contributed by atoms with E-state index in [1.54, 1.807) is 45.2 Å². The molecule has 1 amide bonds. The number of anilines is 1. The maximum atomic E-state index is 12.6. The number of fused-ring (bicyclic) bond motifs is 1. The van der Waals surface area contributed by atoms with Crippen LogP contribution < -0.4 is 10.9 Å². The zero-order valence-electron chi connectivity index (χ0n) is 17.5. The number of ether oxygens (including phenoxy) is 1. The number of benzene rings is 1. The van der Waals surface area contributed by atoms with Crippen molar-refractivity contribution in [3.8, 4) is 0 Å². The second kappa shape index (κ2) is 9.44. The Morgan fingerprint density at radius 1 is 1.26 bits per heavy atom. The van der Waals surface area contributed by atoms with Crippen LogP contribution in [-0.2, 0) is 16.6 Å². The number of esters is 1. The van der Waals surface area contributed by atoms with Crippen LogP contribution in [0.2, 0.25) is 0 Å². The van der Waals surface area contributed by atoms with Gasteiger partial charge in [0.25, 0.3) is 5.56 Å². The maximum Gasteiger partial charge on any atom is 0.341 e. The number of rotatable bonds is 7. The van der Waals surface area contributed by atoms with Gasteiger partial charge in [-0.2, -0.15) is 0 Å². The fraction of sp³-hybridized carbons (Fsp3) is 0.286. The van der Waals surface area contributed by atoms with E-state index in [-0.39, 0.29) is 34.3 Å². The molecule has 0 atom stereocenters. The van der Waals surface area contributed by atoms with Crippen molar-refractivity contribution in [1.29, 1.82) is 0 Å². The molecule has 0 aliphatic heterocycles. The lowest BCUT2D eigenvalue weighted by atomic mass is 10.1. The molecule has 1 aromatic carbocycles. The highest BCUT2D eigenvalue weighted by Gasteiger charge is 2.25. The number of ketones is 1. The summed E-state index contributed by atoms with van der Waals surface area (Å²) >= 11 is 2.15. The minimum atomic E-state index is -0.592. The molecule has 2 heterocycles. The standard InChI is InChI=1S/C21H21N3O5S2/c1-5-29-20(28)16-11(2)17(12(3)25)31-18(16)23-15(26)10-30-21-22-14-9-7-6-8-13(14)19(27)24(21)4/h6-9H,5,10H2,1-4H3,(H,23,26). The highest BCUT2D eigenvalue weighted by Crippen LogP contribution is 2.34. The van der Waals surface area contributed by atoms with E-state index in [1.807, 2.05) is 0 Å². The molecule has 0 bridgehead atoms. The molecule has 3 aromatic rings. The van der Waals surface area contributed by atoms with E-state index in [0.717, 1.165) is 23.1 Å². The Bertz CT molecular complexity index is 1250. The lowest BCUT2D eigenvalue weighted by molar-refractivity contribution is -0.113. The molecule has 0 saturated carbocycles. The molecule has 0 radical (unpaired) electrons. The first-order chi connectivity index (χ1) is 14.7. The van der Waals surface area contributed by atoms with Crippen LogP contribution in [0.4, 0.5) is 5.00 Å². The fourth-order valence-corrected chi connectivity index (χ4v) is 4.88. The number of amides is 1. The number of carbonyl (C=O) groups is 3. The molecule has 0 spiro atoms. The van der Waals surface area contributed by atoms with Crippen molar-refractivity contribution in [3.05, 3.63) is 50.6 Å². The number of thioether (sulfide) groups is 1.